The van der Waals surface area contributed by atoms with Crippen molar-refractivity contribution in [1.82, 2.24) is 9.99 Å². The van der Waals surface area contributed by atoms with Gasteiger partial charge in [0.2, 0.25) is 5.91 Å². The number of halogens is 1. The van der Waals surface area contributed by atoms with Gasteiger partial charge in [-0.05, 0) is 65.7 Å². The minimum Gasteiger partial charge on any atom is -0.497 e. The molecule has 0 atom stereocenters. The monoisotopic (exact) mass is 447 g/mol. The van der Waals surface area contributed by atoms with Gasteiger partial charge in [-0.25, -0.2) is 9.82 Å². The van der Waals surface area contributed by atoms with Gasteiger partial charge in [-0.15, -0.1) is 11.8 Å². The van der Waals surface area contributed by atoms with Crippen molar-refractivity contribution in [3.05, 3.63) is 95.9 Å². The van der Waals surface area contributed by atoms with Crippen LogP contribution < -0.4 is 10.2 Å². The van der Waals surface area contributed by atoms with Crippen LogP contribution >= 0.6 is 11.8 Å². The molecule has 1 N–H and O–H groups in total. The average molecular weight is 448 g/mol. The molecule has 7 heteroatoms. The van der Waals surface area contributed by atoms with E-state index in [1.54, 1.807) is 25.5 Å². The molecule has 0 fully saturated rings. The highest BCUT2D eigenvalue weighted by atomic mass is 32.2. The number of carbonyl (C=O) groups is 1. The topological polar surface area (TPSA) is 55.6 Å². The minimum atomic E-state index is -0.234. The molecule has 32 heavy (non-hydrogen) atoms. The number of carbonyl (C=O) groups excluding carboxylic acids is 1. The number of benzene rings is 3. The molecule has 5 nitrogen and oxygen atoms in total. The van der Waals surface area contributed by atoms with E-state index in [4.69, 9.17) is 4.74 Å². The predicted molar refractivity (Wildman–Crippen MR) is 127 cm³/mol. The molecule has 0 saturated heterocycles. The summed E-state index contributed by atoms with van der Waals surface area (Å²) in [6, 6.07) is 22.1. The Morgan fingerprint density at radius 3 is 2.75 bits per heavy atom. The normalized spacial score (nSPS) is 11.2. The first-order valence-electron chi connectivity index (χ1n) is 10.0. The summed E-state index contributed by atoms with van der Waals surface area (Å²) in [7, 11) is 1.62. The van der Waals surface area contributed by atoms with Crippen LogP contribution in [0.3, 0.4) is 0 Å². The van der Waals surface area contributed by atoms with Crippen LogP contribution in [-0.2, 0) is 11.3 Å². The Labute approximate surface area is 189 Å². The zero-order chi connectivity index (χ0) is 22.3. The quantitative estimate of drug-likeness (QED) is 0.233. The number of aromatic nitrogens is 1. The maximum absolute atomic E-state index is 13.4. The lowest BCUT2D eigenvalue weighted by Gasteiger charge is -2.06. The highest BCUT2D eigenvalue weighted by Gasteiger charge is 2.05. The van der Waals surface area contributed by atoms with Crippen molar-refractivity contribution in [2.75, 3.05) is 12.9 Å². The van der Waals surface area contributed by atoms with Gasteiger partial charge in [0.1, 0.15) is 11.6 Å². The number of rotatable bonds is 8. The molecule has 1 aromatic heterocycles. The van der Waals surface area contributed by atoms with Crippen molar-refractivity contribution in [2.24, 2.45) is 5.10 Å². The molecule has 0 spiro atoms. The van der Waals surface area contributed by atoms with Gasteiger partial charge >= 0.3 is 0 Å². The lowest BCUT2D eigenvalue weighted by Crippen LogP contribution is -2.19. The van der Waals surface area contributed by atoms with Crippen LogP contribution in [0.15, 0.2) is 89.0 Å². The summed E-state index contributed by atoms with van der Waals surface area (Å²) in [5.74, 6) is 0.641. The zero-order valence-electron chi connectivity index (χ0n) is 17.5. The first kappa shape index (κ1) is 21.6. The number of nitrogens with zero attached hydrogens (tertiary/aromatic N) is 2. The molecule has 0 saturated carbocycles. The Morgan fingerprint density at radius 1 is 1.12 bits per heavy atom. The molecular weight excluding hydrogens is 425 g/mol. The lowest BCUT2D eigenvalue weighted by atomic mass is 10.1. The molecule has 1 heterocycles. The molecule has 4 aromatic rings. The maximum Gasteiger partial charge on any atom is 0.250 e. The van der Waals surface area contributed by atoms with Crippen LogP contribution in [-0.4, -0.2) is 29.6 Å². The summed E-state index contributed by atoms with van der Waals surface area (Å²) < 4.78 is 20.6. The average Bonchev–Trinajstić information content (AvgIpc) is 3.20. The largest absolute Gasteiger partial charge is 0.497 e. The molecule has 1 amide bonds. The van der Waals surface area contributed by atoms with E-state index in [2.05, 4.69) is 15.1 Å². The van der Waals surface area contributed by atoms with E-state index in [0.717, 1.165) is 32.7 Å². The van der Waals surface area contributed by atoms with Gasteiger partial charge in [-0.2, -0.15) is 5.10 Å². The van der Waals surface area contributed by atoms with Gasteiger partial charge < -0.3 is 9.30 Å². The summed E-state index contributed by atoms with van der Waals surface area (Å²) >= 11 is 1.43. The van der Waals surface area contributed by atoms with Crippen molar-refractivity contribution in [2.45, 2.75) is 11.4 Å². The summed E-state index contributed by atoms with van der Waals surface area (Å²) in [5.41, 5.74) is 5.39. The Kier molecular flexibility index (Phi) is 6.87. The van der Waals surface area contributed by atoms with Crippen molar-refractivity contribution >= 4 is 34.8 Å². The zero-order valence-corrected chi connectivity index (χ0v) is 18.3. The number of amides is 1. The molecule has 162 valence electrons. The van der Waals surface area contributed by atoms with Gasteiger partial charge in [-0.1, -0.05) is 18.2 Å². The van der Waals surface area contributed by atoms with Crippen molar-refractivity contribution in [1.29, 1.82) is 0 Å². The number of hydrogen-bond acceptors (Lipinski definition) is 4. The van der Waals surface area contributed by atoms with Crippen molar-refractivity contribution in [3.63, 3.8) is 0 Å². The van der Waals surface area contributed by atoms with Gasteiger partial charge in [0, 0.05) is 28.5 Å². The molecule has 0 aliphatic rings. The third kappa shape index (κ3) is 5.56. The smallest absolute Gasteiger partial charge is 0.250 e. The van der Waals surface area contributed by atoms with Gasteiger partial charge in [0.15, 0.2) is 0 Å². The molecule has 0 radical (unpaired) electrons. The van der Waals surface area contributed by atoms with E-state index in [1.165, 1.54) is 17.8 Å². The third-order valence-electron chi connectivity index (χ3n) is 4.87. The second-order valence-corrected chi connectivity index (χ2v) is 8.20. The molecular formula is C25H22FN3O2S. The fraction of sp³-hybridized carbons (Fsp3) is 0.120. The maximum atomic E-state index is 13.4. The van der Waals surface area contributed by atoms with Crippen molar-refractivity contribution < 1.29 is 13.9 Å². The third-order valence-corrected chi connectivity index (χ3v) is 5.88. The van der Waals surface area contributed by atoms with Crippen LogP contribution in [0, 0.1) is 5.82 Å². The van der Waals surface area contributed by atoms with Crippen LogP contribution in [0.25, 0.3) is 10.9 Å². The molecule has 3 aromatic carbocycles. The number of ether oxygens (including phenoxy) is 1. The highest BCUT2D eigenvalue weighted by Crippen LogP contribution is 2.21. The molecule has 0 aliphatic carbocycles. The Morgan fingerprint density at radius 2 is 1.97 bits per heavy atom. The second-order valence-electron chi connectivity index (χ2n) is 7.15. The molecule has 0 bridgehead atoms. The Balaban J connectivity index is 1.33. The summed E-state index contributed by atoms with van der Waals surface area (Å²) in [6.07, 6.45) is 3.61. The summed E-state index contributed by atoms with van der Waals surface area (Å²) in [4.78, 5) is 13.0. The standard InChI is InChI=1S/C25H22FN3O2S/c1-31-22-6-8-23(9-7-22)32-17-25(30)28-27-15-18-5-10-24-20(13-18)11-12-29(24)16-19-3-2-4-21(26)14-19/h2-15H,16-17H2,1H3,(H,28,30)/b27-15-. The fourth-order valence-corrected chi connectivity index (χ4v) is 3.99. The number of hydrazone groups is 1. The first-order valence-corrected chi connectivity index (χ1v) is 11.0. The minimum absolute atomic E-state index is 0.176. The Hall–Kier alpha value is -3.58. The van der Waals surface area contributed by atoms with Gasteiger partial charge in [-0.3, -0.25) is 4.79 Å². The van der Waals surface area contributed by atoms with E-state index in [-0.39, 0.29) is 17.5 Å². The van der Waals surface area contributed by atoms with Crippen LogP contribution in [0.1, 0.15) is 11.1 Å². The van der Waals surface area contributed by atoms with E-state index in [1.807, 2.05) is 60.8 Å². The van der Waals surface area contributed by atoms with Crippen molar-refractivity contribution in [3.8, 4) is 5.75 Å². The SMILES string of the molecule is COc1ccc(SCC(=O)N/N=C\c2ccc3c(ccn3Cc3cccc(F)c3)c2)cc1. The lowest BCUT2D eigenvalue weighted by molar-refractivity contribution is -0.118. The molecule has 0 aliphatic heterocycles. The van der Waals surface area contributed by atoms with Crippen LogP contribution in [0.2, 0.25) is 0 Å². The number of nitrogens with one attached hydrogen (secondary N) is 1. The number of methoxy groups -OCH3 is 1. The number of thioether (sulfide) groups is 1. The second kappa shape index (κ2) is 10.2. The van der Waals surface area contributed by atoms with E-state index in [0.29, 0.717) is 6.54 Å². The molecule has 0 unspecified atom stereocenters. The Bertz CT molecular complexity index is 1250. The van der Waals surface area contributed by atoms with E-state index >= 15 is 0 Å². The number of hydrogen-bond donors (Lipinski definition) is 1. The van der Waals surface area contributed by atoms with Gasteiger partial charge in [0.25, 0.3) is 0 Å². The number of fused-ring (bicyclic) bond motifs is 1. The van der Waals surface area contributed by atoms with Gasteiger partial charge in [0.05, 0.1) is 19.1 Å². The summed E-state index contributed by atoms with van der Waals surface area (Å²) in [6.45, 7) is 0.594. The predicted octanol–water partition coefficient (Wildman–Crippen LogP) is 5.08. The molecule has 4 rings (SSSR count). The van der Waals surface area contributed by atoms with Crippen LogP contribution in [0.5, 0.6) is 5.75 Å². The fourth-order valence-electron chi connectivity index (χ4n) is 3.30. The van der Waals surface area contributed by atoms with E-state index < -0.39 is 0 Å². The van der Waals surface area contributed by atoms with Crippen LogP contribution in [0.4, 0.5) is 4.39 Å². The van der Waals surface area contributed by atoms with E-state index in [9.17, 15) is 9.18 Å². The summed E-state index contributed by atoms with van der Waals surface area (Å²) in [5, 5.41) is 5.11. The highest BCUT2D eigenvalue weighted by molar-refractivity contribution is 8.00. The first-order chi connectivity index (χ1) is 15.6.